The smallest absolute Gasteiger partial charge is 0.0286 e. The van der Waals surface area contributed by atoms with Gasteiger partial charge < -0.3 is 0 Å². The molecule has 172 valence electrons. The molecule has 0 aliphatic carbocycles. The average Bonchev–Trinajstić information content (AvgIpc) is 2.71. The van der Waals surface area contributed by atoms with Gasteiger partial charge in [-0.05, 0) is 73.9 Å². The molecule has 0 bridgehead atoms. The maximum atomic E-state index is 2.36. The molecule has 0 spiro atoms. The fourth-order valence-corrected chi connectivity index (χ4v) is 14.1. The van der Waals surface area contributed by atoms with Crippen LogP contribution >= 0.6 is 31.7 Å². The lowest BCUT2D eigenvalue weighted by atomic mass is 10.6. The quantitative estimate of drug-likeness (QED) is 0.176. The monoisotopic (exact) mass is 468 g/mol. The van der Waals surface area contributed by atoms with Gasteiger partial charge in [0.05, 0.1) is 0 Å². The molecular weight excluding hydrogens is 412 g/mol. The number of rotatable bonds is 18. The molecule has 0 atom stereocenters. The van der Waals surface area contributed by atoms with E-state index in [-0.39, 0.29) is 0 Å². The summed E-state index contributed by atoms with van der Waals surface area (Å²) in [7, 11) is 1.63. The normalized spacial score (nSPS) is 11.6. The van der Waals surface area contributed by atoms with Gasteiger partial charge in [-0.15, -0.1) is 31.7 Å². The Labute approximate surface area is 186 Å². The summed E-state index contributed by atoms with van der Waals surface area (Å²) in [4.78, 5) is 0. The van der Waals surface area contributed by atoms with Crippen molar-refractivity contribution in [3.8, 4) is 0 Å². The summed E-state index contributed by atoms with van der Waals surface area (Å²) in [5, 5.41) is 0. The molecule has 0 saturated carbocycles. The van der Waals surface area contributed by atoms with Crippen molar-refractivity contribution in [3.05, 3.63) is 0 Å². The van der Waals surface area contributed by atoms with Crippen molar-refractivity contribution in [1.82, 2.24) is 0 Å². The van der Waals surface area contributed by atoms with E-state index in [9.17, 15) is 0 Å². The van der Waals surface area contributed by atoms with Gasteiger partial charge in [0.25, 0.3) is 0 Å². The van der Waals surface area contributed by atoms with Crippen LogP contribution in [0.2, 0.25) is 0 Å². The van der Waals surface area contributed by atoms with E-state index in [1.807, 2.05) is 0 Å². The molecule has 0 radical (unpaired) electrons. The van der Waals surface area contributed by atoms with E-state index < -0.39 is 0 Å². The van der Waals surface area contributed by atoms with Crippen LogP contribution < -0.4 is 0 Å². The van der Waals surface area contributed by atoms with Crippen LogP contribution in [-0.4, -0.2) is 73.9 Å². The first-order valence-corrected chi connectivity index (χ1v) is 20.0. The highest BCUT2D eigenvalue weighted by Crippen LogP contribution is 2.44. The van der Waals surface area contributed by atoms with E-state index >= 15 is 0 Å². The van der Waals surface area contributed by atoms with Crippen LogP contribution in [-0.2, 0) is 0 Å². The summed E-state index contributed by atoms with van der Waals surface area (Å²) in [6.45, 7) is 18.8. The topological polar surface area (TPSA) is 0 Å². The standard InChI is InChI=1S/C14H32P2.C10H24P2/c1-5-9-15(10-6-2)13-14-16(11-7-3)12-8-4;1-5-11(6-2)9-10-12(7-3)8-4/h5-14H2,1-4H3;5-10H2,1-4H3. The van der Waals surface area contributed by atoms with Crippen molar-refractivity contribution in [1.29, 1.82) is 0 Å². The van der Waals surface area contributed by atoms with E-state index in [1.54, 1.807) is 24.6 Å². The number of hydrogen-bond acceptors (Lipinski definition) is 0. The Bertz CT molecular complexity index is 238. The maximum absolute atomic E-state index is 2.36. The van der Waals surface area contributed by atoms with Gasteiger partial charge in [0.1, 0.15) is 0 Å². The second kappa shape index (κ2) is 25.0. The van der Waals surface area contributed by atoms with Crippen LogP contribution in [0.3, 0.4) is 0 Å². The highest BCUT2D eigenvalue weighted by Gasteiger charge is 2.10. The average molecular weight is 469 g/mol. The zero-order chi connectivity index (χ0) is 21.6. The van der Waals surface area contributed by atoms with Gasteiger partial charge in [0.2, 0.25) is 0 Å². The van der Waals surface area contributed by atoms with Crippen molar-refractivity contribution < 1.29 is 0 Å². The van der Waals surface area contributed by atoms with Crippen LogP contribution in [0.1, 0.15) is 81.1 Å². The van der Waals surface area contributed by atoms with E-state index in [2.05, 4.69) is 55.4 Å². The largest absolute Gasteiger partial charge is 0.107 e. The van der Waals surface area contributed by atoms with Crippen molar-refractivity contribution in [2.24, 2.45) is 0 Å². The molecule has 0 aromatic heterocycles. The molecule has 0 nitrogen and oxygen atoms in total. The Hall–Kier alpha value is 1.72. The van der Waals surface area contributed by atoms with Crippen molar-refractivity contribution in [3.63, 3.8) is 0 Å². The van der Waals surface area contributed by atoms with Crippen LogP contribution in [0.5, 0.6) is 0 Å². The van der Waals surface area contributed by atoms with E-state index in [4.69, 9.17) is 0 Å². The molecule has 0 saturated heterocycles. The first-order chi connectivity index (χ1) is 13.6. The third-order valence-corrected chi connectivity index (χ3v) is 17.4. The first-order valence-electron chi connectivity index (χ1n) is 12.5. The molecule has 0 aliphatic rings. The minimum absolute atomic E-state index is 0.401. The molecule has 0 unspecified atom stereocenters. The lowest BCUT2D eigenvalue weighted by Crippen LogP contribution is -2.01. The third kappa shape index (κ3) is 19.7. The van der Waals surface area contributed by atoms with Gasteiger partial charge >= 0.3 is 0 Å². The number of hydrogen-bond donors (Lipinski definition) is 0. The molecular formula is C24H56P4. The van der Waals surface area contributed by atoms with Gasteiger partial charge in [0, 0.05) is 0 Å². The molecule has 0 rings (SSSR count). The second-order valence-electron chi connectivity index (χ2n) is 7.74. The zero-order valence-electron chi connectivity index (χ0n) is 21.1. The molecule has 0 amide bonds. The van der Waals surface area contributed by atoms with Crippen molar-refractivity contribution in [2.75, 3.05) is 73.9 Å². The van der Waals surface area contributed by atoms with Gasteiger partial charge in [-0.1, -0.05) is 81.1 Å². The van der Waals surface area contributed by atoms with Crippen LogP contribution in [0.25, 0.3) is 0 Å². The van der Waals surface area contributed by atoms with Crippen molar-refractivity contribution in [2.45, 2.75) is 81.1 Å². The molecule has 0 fully saturated rings. The van der Waals surface area contributed by atoms with Crippen molar-refractivity contribution >= 4 is 31.7 Å². The fraction of sp³-hybridized carbons (Fsp3) is 1.00. The fourth-order valence-electron chi connectivity index (χ4n) is 3.58. The molecule has 4 heteroatoms. The predicted octanol–water partition coefficient (Wildman–Crippen LogP) is 9.62. The summed E-state index contributed by atoms with van der Waals surface area (Å²) < 4.78 is 0. The Kier molecular flexibility index (Phi) is 28.5. The minimum atomic E-state index is 0.401. The summed E-state index contributed by atoms with van der Waals surface area (Å²) in [5.41, 5.74) is 0. The van der Waals surface area contributed by atoms with Crippen LogP contribution in [0, 0.1) is 0 Å². The molecule has 0 heterocycles. The zero-order valence-corrected chi connectivity index (χ0v) is 24.7. The van der Waals surface area contributed by atoms with E-state index in [1.165, 1.54) is 75.0 Å². The molecule has 0 aromatic carbocycles. The summed E-state index contributed by atoms with van der Waals surface area (Å²) in [6, 6.07) is 0. The van der Waals surface area contributed by atoms with Crippen LogP contribution in [0.4, 0.5) is 0 Å². The van der Waals surface area contributed by atoms with Gasteiger partial charge in [0.15, 0.2) is 0 Å². The summed E-state index contributed by atoms with van der Waals surface area (Å²) in [6.07, 6.45) is 23.8. The van der Waals surface area contributed by atoms with Gasteiger partial charge in [-0.2, -0.15) is 0 Å². The molecule has 0 N–H and O–H groups in total. The Balaban J connectivity index is 0. The second-order valence-corrected chi connectivity index (χ2v) is 19.2. The van der Waals surface area contributed by atoms with Crippen LogP contribution in [0.15, 0.2) is 0 Å². The lowest BCUT2D eigenvalue weighted by Gasteiger charge is -2.21. The predicted molar refractivity (Wildman–Crippen MR) is 150 cm³/mol. The Morgan fingerprint density at radius 1 is 0.286 bits per heavy atom. The highest BCUT2D eigenvalue weighted by molar-refractivity contribution is 7.62. The summed E-state index contributed by atoms with van der Waals surface area (Å²) in [5.74, 6) is 0. The SMILES string of the molecule is CCCP(CCC)CCP(CCC)CCC.CCP(CC)CCP(CC)CC. The molecule has 0 aliphatic heterocycles. The maximum Gasteiger partial charge on any atom is -0.0286 e. The first kappa shape index (κ1) is 31.9. The van der Waals surface area contributed by atoms with Gasteiger partial charge in [-0.25, -0.2) is 0 Å². The Morgan fingerprint density at radius 2 is 0.500 bits per heavy atom. The lowest BCUT2D eigenvalue weighted by molar-refractivity contribution is 1.04. The van der Waals surface area contributed by atoms with Gasteiger partial charge in [-0.3, -0.25) is 0 Å². The van der Waals surface area contributed by atoms with E-state index in [0.29, 0.717) is 31.7 Å². The summed E-state index contributed by atoms with van der Waals surface area (Å²) >= 11 is 0. The minimum Gasteiger partial charge on any atom is -0.107 e. The van der Waals surface area contributed by atoms with E-state index in [0.717, 1.165) is 0 Å². The Morgan fingerprint density at radius 3 is 0.679 bits per heavy atom. The molecule has 0 aromatic rings. The highest BCUT2D eigenvalue weighted by atomic mass is 31.1. The third-order valence-electron chi connectivity index (χ3n) is 5.41. The molecule has 28 heavy (non-hydrogen) atoms.